The fraction of sp³-hybridized carbons (Fsp3) is 0.240. The molecule has 2 heterocycles. The number of fused-ring (bicyclic) bond motifs is 1. The van der Waals surface area contributed by atoms with Crippen LogP contribution in [0.5, 0.6) is 0 Å². The molecule has 2 aromatic carbocycles. The molecule has 7 nitrogen and oxygen atoms in total. The average molecular weight is 465 g/mol. The van der Waals surface area contributed by atoms with Crippen LogP contribution in [0.4, 0.5) is 10.5 Å². The molecule has 5 rings (SSSR count). The molecule has 3 aromatic rings. The molecule has 2 N–H and O–H groups in total. The largest absolute Gasteiger partial charge is 0.465 e. The Morgan fingerprint density at radius 1 is 1.09 bits per heavy atom. The molecular formula is C25H24N2O5S. The molecule has 0 atom stereocenters. The monoisotopic (exact) mass is 464 g/mol. The van der Waals surface area contributed by atoms with Crippen molar-refractivity contribution in [3.8, 4) is 0 Å². The summed E-state index contributed by atoms with van der Waals surface area (Å²) in [6.45, 7) is 0.378. The number of carboxylic acid groups (broad SMARTS) is 1. The maximum Gasteiger partial charge on any atom is 0.405 e. The zero-order valence-corrected chi connectivity index (χ0v) is 18.9. The molecule has 0 radical (unpaired) electrons. The number of nitrogens with zero attached hydrogens (tertiary/aromatic N) is 1. The predicted molar refractivity (Wildman–Crippen MR) is 125 cm³/mol. The van der Waals surface area contributed by atoms with E-state index in [1.807, 2.05) is 60.7 Å². The van der Waals surface area contributed by atoms with Gasteiger partial charge < -0.3 is 19.7 Å². The van der Waals surface area contributed by atoms with Gasteiger partial charge in [0.2, 0.25) is 14.9 Å². The molecule has 0 bridgehead atoms. The predicted octanol–water partition coefficient (Wildman–Crippen LogP) is 4.85. The van der Waals surface area contributed by atoms with Gasteiger partial charge in [-0.1, -0.05) is 42.5 Å². The molecule has 0 saturated heterocycles. The number of nitrogens with one attached hydrogen (secondary N) is 1. The molecule has 1 amide bonds. The van der Waals surface area contributed by atoms with Crippen molar-refractivity contribution in [1.82, 2.24) is 5.32 Å². The summed E-state index contributed by atoms with van der Waals surface area (Å²) in [6.07, 6.45) is 4.61. The summed E-state index contributed by atoms with van der Waals surface area (Å²) in [7, 11) is -3.46. The number of amides is 1. The zero-order valence-electron chi connectivity index (χ0n) is 18.1. The quantitative estimate of drug-likeness (QED) is 0.560. The fourth-order valence-electron chi connectivity index (χ4n) is 4.56. The summed E-state index contributed by atoms with van der Waals surface area (Å²) < 4.78 is 29.7. The minimum absolute atomic E-state index is 0.0416. The first-order valence-electron chi connectivity index (χ1n) is 10.7. The van der Waals surface area contributed by atoms with Crippen LogP contribution in [0.1, 0.15) is 41.7 Å². The number of hydrogen-bond donors (Lipinski definition) is 2. The van der Waals surface area contributed by atoms with E-state index >= 15 is 0 Å². The SMILES string of the molecule is CS(=O)(=O)c1cc2c(o1)CN(c1ccc(C3(NC(=O)O)CCC3)cc1)C(c1ccccc1)=C2. The third-order valence-electron chi connectivity index (χ3n) is 6.42. The van der Waals surface area contributed by atoms with Crippen LogP contribution < -0.4 is 10.2 Å². The minimum Gasteiger partial charge on any atom is -0.465 e. The van der Waals surface area contributed by atoms with Crippen molar-refractivity contribution in [2.75, 3.05) is 11.2 Å². The first kappa shape index (κ1) is 21.3. The number of rotatable bonds is 5. The van der Waals surface area contributed by atoms with Gasteiger partial charge in [-0.2, -0.15) is 0 Å². The molecule has 1 aliphatic carbocycles. The summed E-state index contributed by atoms with van der Waals surface area (Å²) >= 11 is 0. The second kappa shape index (κ2) is 7.81. The van der Waals surface area contributed by atoms with Crippen LogP contribution in [0.15, 0.2) is 70.2 Å². The maximum absolute atomic E-state index is 12.0. The van der Waals surface area contributed by atoms with Crippen LogP contribution in [0.2, 0.25) is 0 Å². The van der Waals surface area contributed by atoms with Gasteiger partial charge in [-0.05, 0) is 48.6 Å². The molecule has 33 heavy (non-hydrogen) atoms. The first-order chi connectivity index (χ1) is 15.7. The van der Waals surface area contributed by atoms with E-state index in [1.165, 1.54) is 0 Å². The van der Waals surface area contributed by atoms with Gasteiger partial charge in [-0.25, -0.2) is 13.2 Å². The highest BCUT2D eigenvalue weighted by atomic mass is 32.2. The summed E-state index contributed by atoms with van der Waals surface area (Å²) in [5.74, 6) is 0.585. The molecular weight excluding hydrogens is 440 g/mol. The molecule has 1 aliphatic heterocycles. The highest BCUT2D eigenvalue weighted by Crippen LogP contribution is 2.43. The summed E-state index contributed by atoms with van der Waals surface area (Å²) in [4.78, 5) is 13.4. The van der Waals surface area contributed by atoms with E-state index in [2.05, 4.69) is 10.2 Å². The van der Waals surface area contributed by atoms with Gasteiger partial charge in [-0.3, -0.25) is 0 Å². The van der Waals surface area contributed by atoms with Crippen LogP contribution in [-0.4, -0.2) is 25.9 Å². The fourth-order valence-corrected chi connectivity index (χ4v) is 5.15. The normalized spacial score (nSPS) is 17.0. The van der Waals surface area contributed by atoms with Crippen molar-refractivity contribution < 1.29 is 22.7 Å². The van der Waals surface area contributed by atoms with Crippen molar-refractivity contribution in [1.29, 1.82) is 0 Å². The Hall–Kier alpha value is -3.52. The molecule has 8 heteroatoms. The summed E-state index contributed by atoms with van der Waals surface area (Å²) in [5.41, 5.74) is 4.00. The van der Waals surface area contributed by atoms with E-state index in [0.717, 1.165) is 53.6 Å². The van der Waals surface area contributed by atoms with Gasteiger partial charge in [0.15, 0.2) is 0 Å². The van der Waals surface area contributed by atoms with E-state index < -0.39 is 21.5 Å². The number of anilines is 1. The van der Waals surface area contributed by atoms with Crippen LogP contribution in [0.25, 0.3) is 11.8 Å². The van der Waals surface area contributed by atoms with Crippen molar-refractivity contribution in [3.05, 3.63) is 83.1 Å². The third-order valence-corrected chi connectivity index (χ3v) is 7.36. The van der Waals surface area contributed by atoms with Crippen LogP contribution in [0, 0.1) is 0 Å². The van der Waals surface area contributed by atoms with Gasteiger partial charge in [0.25, 0.3) is 0 Å². The topological polar surface area (TPSA) is 99.9 Å². The van der Waals surface area contributed by atoms with Crippen molar-refractivity contribution in [2.45, 2.75) is 36.4 Å². The second-order valence-electron chi connectivity index (χ2n) is 8.61. The van der Waals surface area contributed by atoms with Crippen molar-refractivity contribution in [3.63, 3.8) is 0 Å². The molecule has 170 valence electrons. The Bertz CT molecular complexity index is 1340. The lowest BCUT2D eigenvalue weighted by Crippen LogP contribution is -2.50. The highest BCUT2D eigenvalue weighted by molar-refractivity contribution is 7.90. The van der Waals surface area contributed by atoms with Crippen LogP contribution in [0.3, 0.4) is 0 Å². The second-order valence-corrected chi connectivity index (χ2v) is 10.6. The van der Waals surface area contributed by atoms with Gasteiger partial charge in [-0.15, -0.1) is 0 Å². The molecule has 1 aromatic heterocycles. The highest BCUT2D eigenvalue weighted by Gasteiger charge is 2.40. The maximum atomic E-state index is 12.0. The van der Waals surface area contributed by atoms with Crippen LogP contribution >= 0.6 is 0 Å². The minimum atomic E-state index is -3.46. The molecule has 1 saturated carbocycles. The number of hydrogen-bond acceptors (Lipinski definition) is 5. The standard InChI is InChI=1S/C25H24N2O5S/c1-33(30,31)23-15-18-14-21(17-6-3-2-4-7-17)27(16-22(18)32-23)20-10-8-19(9-11-20)25(12-5-13-25)26-24(28)29/h2-4,6-11,14-15,26H,5,12-13,16H2,1H3,(H,28,29). The van der Waals surface area contributed by atoms with E-state index in [4.69, 9.17) is 4.42 Å². The summed E-state index contributed by atoms with van der Waals surface area (Å²) in [6, 6.07) is 19.3. The first-order valence-corrected chi connectivity index (χ1v) is 12.6. The Balaban J connectivity index is 1.54. The van der Waals surface area contributed by atoms with E-state index in [9.17, 15) is 18.3 Å². The lowest BCUT2D eigenvalue weighted by atomic mass is 9.72. The van der Waals surface area contributed by atoms with Crippen molar-refractivity contribution in [2.24, 2.45) is 0 Å². The van der Waals surface area contributed by atoms with E-state index in [1.54, 1.807) is 6.07 Å². The zero-order chi connectivity index (χ0) is 23.2. The Morgan fingerprint density at radius 2 is 1.79 bits per heavy atom. The molecule has 1 fully saturated rings. The third kappa shape index (κ3) is 3.91. The number of furan rings is 1. The van der Waals surface area contributed by atoms with Gasteiger partial charge in [0.1, 0.15) is 5.76 Å². The Labute approximate surface area is 192 Å². The molecule has 0 unspecified atom stereocenters. The van der Waals surface area contributed by atoms with E-state index in [0.29, 0.717) is 12.3 Å². The van der Waals surface area contributed by atoms with Gasteiger partial charge in [0.05, 0.1) is 12.1 Å². The molecule has 0 spiro atoms. The lowest BCUT2D eigenvalue weighted by molar-refractivity contribution is 0.144. The number of carbonyl (C=O) groups is 1. The lowest BCUT2D eigenvalue weighted by Gasteiger charge is -2.42. The number of benzene rings is 2. The Morgan fingerprint density at radius 3 is 2.36 bits per heavy atom. The van der Waals surface area contributed by atoms with Crippen molar-refractivity contribution >= 4 is 33.4 Å². The number of sulfone groups is 1. The molecule has 2 aliphatic rings. The summed E-state index contributed by atoms with van der Waals surface area (Å²) in [5, 5.41) is 11.9. The van der Waals surface area contributed by atoms with Gasteiger partial charge in [0, 0.05) is 29.3 Å². The Kier molecular flexibility index (Phi) is 5.05. The van der Waals surface area contributed by atoms with Crippen LogP contribution in [-0.2, 0) is 21.9 Å². The van der Waals surface area contributed by atoms with E-state index in [-0.39, 0.29) is 5.09 Å². The average Bonchev–Trinajstić information content (AvgIpc) is 3.20. The smallest absolute Gasteiger partial charge is 0.405 e. The van der Waals surface area contributed by atoms with Gasteiger partial charge >= 0.3 is 6.09 Å².